The van der Waals surface area contributed by atoms with Crippen LogP contribution < -0.4 is 0 Å². The molecule has 0 unspecified atom stereocenters. The molecule has 2 N–H and O–H groups in total. The van der Waals surface area contributed by atoms with E-state index in [0.717, 1.165) is 19.3 Å². The molecule has 0 saturated heterocycles. The lowest BCUT2D eigenvalue weighted by molar-refractivity contribution is 0.0624. The first-order valence-corrected chi connectivity index (χ1v) is 4.13. The number of hydrogen-bond donors (Lipinski definition) is 2. The number of rotatable bonds is 1. The Morgan fingerprint density at radius 2 is 1.80 bits per heavy atom. The van der Waals surface area contributed by atoms with E-state index in [2.05, 4.69) is 0 Å². The van der Waals surface area contributed by atoms with Crippen LogP contribution in [0.2, 0.25) is 0 Å². The molecule has 2 nitrogen and oxygen atoms in total. The molecule has 0 aromatic heterocycles. The van der Waals surface area contributed by atoms with Crippen molar-refractivity contribution in [2.24, 2.45) is 5.92 Å². The molecule has 60 valence electrons. The molecule has 2 heteroatoms. The Balaban J connectivity index is 2.35. The number of hydrogen-bond acceptors (Lipinski definition) is 2. The maximum Gasteiger partial charge on any atom is 0.0590 e. The molecular weight excluding hydrogens is 128 g/mol. The van der Waals surface area contributed by atoms with Crippen LogP contribution in [0.3, 0.4) is 0 Å². The first-order valence-electron chi connectivity index (χ1n) is 4.13. The van der Waals surface area contributed by atoms with Crippen molar-refractivity contribution < 1.29 is 10.2 Å². The molecule has 0 aliphatic heterocycles. The van der Waals surface area contributed by atoms with Crippen LogP contribution >= 0.6 is 0 Å². The first-order chi connectivity index (χ1) is 4.84. The number of aliphatic hydroxyl groups is 2. The lowest BCUT2D eigenvalue weighted by Gasteiger charge is -2.16. The third-order valence-corrected chi connectivity index (χ3v) is 2.35. The molecule has 1 saturated carbocycles. The van der Waals surface area contributed by atoms with Crippen molar-refractivity contribution in [3.63, 3.8) is 0 Å². The second-order valence-electron chi connectivity index (χ2n) is 3.15. The largest absolute Gasteiger partial charge is 0.396 e. The van der Waals surface area contributed by atoms with E-state index in [4.69, 9.17) is 5.11 Å². The summed E-state index contributed by atoms with van der Waals surface area (Å²) in [6.07, 6.45) is 5.14. The topological polar surface area (TPSA) is 40.5 Å². The van der Waals surface area contributed by atoms with Crippen molar-refractivity contribution in [1.82, 2.24) is 0 Å². The van der Waals surface area contributed by atoms with Gasteiger partial charge in [0.2, 0.25) is 0 Å². The molecule has 10 heavy (non-hydrogen) atoms. The predicted octanol–water partition coefficient (Wildman–Crippen LogP) is 0.920. The summed E-state index contributed by atoms with van der Waals surface area (Å²) in [5.74, 6) is 0.155. The molecule has 0 aromatic carbocycles. The zero-order chi connectivity index (χ0) is 7.40. The Hall–Kier alpha value is -0.0800. The monoisotopic (exact) mass is 144 g/mol. The van der Waals surface area contributed by atoms with Gasteiger partial charge in [-0.1, -0.05) is 19.3 Å². The molecule has 0 spiro atoms. The van der Waals surface area contributed by atoms with Crippen LogP contribution in [-0.4, -0.2) is 22.9 Å². The summed E-state index contributed by atoms with van der Waals surface area (Å²) >= 11 is 0. The van der Waals surface area contributed by atoms with Gasteiger partial charge < -0.3 is 10.2 Å². The van der Waals surface area contributed by atoms with Crippen molar-refractivity contribution in [2.75, 3.05) is 6.61 Å². The van der Waals surface area contributed by atoms with Crippen molar-refractivity contribution in [3.05, 3.63) is 0 Å². The van der Waals surface area contributed by atoms with Crippen molar-refractivity contribution in [3.8, 4) is 0 Å². The van der Waals surface area contributed by atoms with Gasteiger partial charge in [0.15, 0.2) is 0 Å². The SMILES string of the molecule is OC[C@@H]1CCCCC[C@H]1O. The van der Waals surface area contributed by atoms with E-state index in [0.29, 0.717) is 0 Å². The highest BCUT2D eigenvalue weighted by atomic mass is 16.3. The van der Waals surface area contributed by atoms with Gasteiger partial charge in [-0.2, -0.15) is 0 Å². The fourth-order valence-corrected chi connectivity index (χ4v) is 1.58. The van der Waals surface area contributed by atoms with Crippen LogP contribution in [0.15, 0.2) is 0 Å². The fourth-order valence-electron chi connectivity index (χ4n) is 1.58. The van der Waals surface area contributed by atoms with Gasteiger partial charge in [-0.15, -0.1) is 0 Å². The predicted molar refractivity (Wildman–Crippen MR) is 39.7 cm³/mol. The standard InChI is InChI=1S/C8H16O2/c9-6-7-4-2-1-3-5-8(7)10/h7-10H,1-6H2/t7-,8+/m0/s1. The quantitative estimate of drug-likeness (QED) is 0.537. The van der Waals surface area contributed by atoms with Crippen LogP contribution in [-0.2, 0) is 0 Å². The molecular formula is C8H16O2. The van der Waals surface area contributed by atoms with E-state index in [-0.39, 0.29) is 18.6 Å². The maximum absolute atomic E-state index is 9.39. The van der Waals surface area contributed by atoms with Gasteiger partial charge in [0.05, 0.1) is 6.10 Å². The second-order valence-corrected chi connectivity index (χ2v) is 3.15. The summed E-state index contributed by atoms with van der Waals surface area (Å²) in [7, 11) is 0. The first kappa shape index (κ1) is 8.02. The van der Waals surface area contributed by atoms with E-state index in [1.54, 1.807) is 0 Å². The summed E-state index contributed by atoms with van der Waals surface area (Å²) in [5, 5.41) is 18.2. The van der Waals surface area contributed by atoms with E-state index < -0.39 is 0 Å². The van der Waals surface area contributed by atoms with Crippen molar-refractivity contribution >= 4 is 0 Å². The minimum Gasteiger partial charge on any atom is -0.396 e. The van der Waals surface area contributed by atoms with Gasteiger partial charge >= 0.3 is 0 Å². The van der Waals surface area contributed by atoms with Crippen LogP contribution in [0.25, 0.3) is 0 Å². The van der Waals surface area contributed by atoms with E-state index >= 15 is 0 Å². The lowest BCUT2D eigenvalue weighted by atomic mass is 9.99. The molecule has 1 aliphatic carbocycles. The Bertz CT molecular complexity index is 93.3. The van der Waals surface area contributed by atoms with Crippen LogP contribution in [0, 0.1) is 5.92 Å². The Labute approximate surface area is 61.9 Å². The van der Waals surface area contributed by atoms with Gasteiger partial charge in [0.1, 0.15) is 0 Å². The summed E-state index contributed by atoms with van der Waals surface area (Å²) in [5.41, 5.74) is 0. The molecule has 0 bridgehead atoms. The normalized spacial score (nSPS) is 35.4. The van der Waals surface area contributed by atoms with Crippen molar-refractivity contribution in [1.29, 1.82) is 0 Å². The minimum absolute atomic E-state index is 0.154. The zero-order valence-electron chi connectivity index (χ0n) is 6.29. The maximum atomic E-state index is 9.39. The lowest BCUT2D eigenvalue weighted by Crippen LogP contribution is -2.21. The van der Waals surface area contributed by atoms with Gasteiger partial charge in [0.25, 0.3) is 0 Å². The van der Waals surface area contributed by atoms with Crippen LogP contribution in [0.4, 0.5) is 0 Å². The molecule has 0 radical (unpaired) electrons. The third kappa shape index (κ3) is 1.96. The van der Waals surface area contributed by atoms with Gasteiger partial charge in [-0.25, -0.2) is 0 Å². The molecule has 2 atom stereocenters. The minimum atomic E-state index is -0.243. The molecule has 0 amide bonds. The third-order valence-electron chi connectivity index (χ3n) is 2.35. The average Bonchev–Trinajstić information content (AvgIpc) is 2.13. The second kappa shape index (κ2) is 3.94. The highest BCUT2D eigenvalue weighted by Crippen LogP contribution is 2.22. The molecule has 1 fully saturated rings. The number of aliphatic hydroxyl groups excluding tert-OH is 2. The molecule has 1 aliphatic rings. The molecule has 0 heterocycles. The summed E-state index contributed by atoms with van der Waals surface area (Å²) < 4.78 is 0. The highest BCUT2D eigenvalue weighted by molar-refractivity contribution is 4.71. The highest BCUT2D eigenvalue weighted by Gasteiger charge is 2.19. The van der Waals surface area contributed by atoms with E-state index in [1.807, 2.05) is 0 Å². The Kier molecular flexibility index (Phi) is 3.16. The van der Waals surface area contributed by atoms with Gasteiger partial charge in [-0.3, -0.25) is 0 Å². The summed E-state index contributed by atoms with van der Waals surface area (Å²) in [4.78, 5) is 0. The fraction of sp³-hybridized carbons (Fsp3) is 1.00. The van der Waals surface area contributed by atoms with E-state index in [9.17, 15) is 5.11 Å². The molecule has 1 rings (SSSR count). The molecule has 0 aromatic rings. The summed E-state index contributed by atoms with van der Waals surface area (Å²) in [6, 6.07) is 0. The Morgan fingerprint density at radius 3 is 2.50 bits per heavy atom. The zero-order valence-corrected chi connectivity index (χ0v) is 6.29. The van der Waals surface area contributed by atoms with Crippen molar-refractivity contribution in [2.45, 2.75) is 38.2 Å². The van der Waals surface area contributed by atoms with Crippen LogP contribution in [0.1, 0.15) is 32.1 Å². The van der Waals surface area contributed by atoms with Gasteiger partial charge in [-0.05, 0) is 12.8 Å². The average molecular weight is 144 g/mol. The smallest absolute Gasteiger partial charge is 0.0590 e. The van der Waals surface area contributed by atoms with Gasteiger partial charge in [0, 0.05) is 12.5 Å². The summed E-state index contributed by atoms with van der Waals surface area (Å²) in [6.45, 7) is 0.154. The van der Waals surface area contributed by atoms with Crippen LogP contribution in [0.5, 0.6) is 0 Å². The Morgan fingerprint density at radius 1 is 1.10 bits per heavy atom. The van der Waals surface area contributed by atoms with E-state index in [1.165, 1.54) is 12.8 Å².